The Hall–Kier alpha value is -4.24. The lowest BCUT2D eigenvalue weighted by Crippen LogP contribution is -2.58. The second-order valence-corrected chi connectivity index (χ2v) is 13.0. The Bertz CT molecular complexity index is 1640. The van der Waals surface area contributed by atoms with Gasteiger partial charge in [0.25, 0.3) is 0 Å². The van der Waals surface area contributed by atoms with Crippen LogP contribution < -0.4 is 15.5 Å². The number of nitrogens with one attached hydrogen (secondary N) is 2. The Morgan fingerprint density at radius 3 is 2.43 bits per heavy atom. The number of anilines is 1. The van der Waals surface area contributed by atoms with Crippen LogP contribution in [0.25, 0.3) is 0 Å². The van der Waals surface area contributed by atoms with Crippen molar-refractivity contribution >= 4 is 29.1 Å². The predicted molar refractivity (Wildman–Crippen MR) is 187 cm³/mol. The maximum absolute atomic E-state index is 14.1. The smallest absolute Gasteiger partial charge is 0.245 e. The minimum atomic E-state index is -0.672. The first kappa shape index (κ1) is 32.7. The summed E-state index contributed by atoms with van der Waals surface area (Å²) in [4.78, 5) is 38.7. The fourth-order valence-corrected chi connectivity index (χ4v) is 6.66. The van der Waals surface area contributed by atoms with Crippen molar-refractivity contribution in [2.24, 2.45) is 0 Å². The number of rotatable bonds is 11. The highest BCUT2D eigenvalue weighted by molar-refractivity contribution is 6.30. The van der Waals surface area contributed by atoms with Gasteiger partial charge < -0.3 is 25.3 Å². The fraction of sp³-hybridized carbons (Fsp3) is 0.342. The van der Waals surface area contributed by atoms with E-state index >= 15 is 0 Å². The van der Waals surface area contributed by atoms with Crippen molar-refractivity contribution in [2.45, 2.75) is 44.4 Å². The van der Waals surface area contributed by atoms with E-state index in [9.17, 15) is 9.59 Å². The molecule has 0 bridgehead atoms. The number of fused-ring (bicyclic) bond motifs is 1. The average molecular weight is 651 g/mol. The molecule has 8 nitrogen and oxygen atoms in total. The van der Waals surface area contributed by atoms with Crippen LogP contribution in [0.2, 0.25) is 5.02 Å². The molecule has 0 aliphatic carbocycles. The first-order valence-corrected chi connectivity index (χ1v) is 16.9. The standard InChI is InChI=1S/C38H43ClN6O2/c1-43(19-17-33-11-6-7-18-40-33)27-31-10-4-5-12-36(31)44-20-22-45(23-21-44)38(47)35(24-28-13-15-32(39)16-14-28)42-37(46)34-25-29-8-2-3-9-30(29)26-41-34/h2-16,18,34-35,41H,17,19-27H2,1H3,(H,42,46)/t34-,35-/m1/s1. The molecule has 1 aromatic heterocycles. The van der Waals surface area contributed by atoms with Gasteiger partial charge in [0.05, 0.1) is 6.04 Å². The zero-order valence-corrected chi connectivity index (χ0v) is 27.7. The van der Waals surface area contributed by atoms with E-state index in [-0.39, 0.29) is 17.9 Å². The number of nitrogens with zero attached hydrogens (tertiary/aromatic N) is 4. The number of amides is 2. The van der Waals surface area contributed by atoms with Gasteiger partial charge in [0.15, 0.2) is 0 Å². The van der Waals surface area contributed by atoms with E-state index in [0.717, 1.165) is 43.9 Å². The average Bonchev–Trinajstić information content (AvgIpc) is 3.11. The summed E-state index contributed by atoms with van der Waals surface area (Å²) in [5, 5.41) is 7.13. The van der Waals surface area contributed by atoms with Gasteiger partial charge in [-0.15, -0.1) is 0 Å². The molecule has 244 valence electrons. The monoisotopic (exact) mass is 650 g/mol. The summed E-state index contributed by atoms with van der Waals surface area (Å²) in [5.74, 6) is -0.196. The highest BCUT2D eigenvalue weighted by Gasteiger charge is 2.32. The number of likely N-dealkylation sites (N-methyl/N-ethyl adjacent to an activating group) is 1. The summed E-state index contributed by atoms with van der Waals surface area (Å²) >= 11 is 6.14. The highest BCUT2D eigenvalue weighted by atomic mass is 35.5. The number of carbonyl (C=O) groups excluding carboxylic acids is 2. The molecule has 0 saturated carbocycles. The Morgan fingerprint density at radius 2 is 1.66 bits per heavy atom. The van der Waals surface area contributed by atoms with Gasteiger partial charge in [0, 0.05) is 81.3 Å². The Balaban J connectivity index is 1.09. The molecule has 47 heavy (non-hydrogen) atoms. The van der Waals surface area contributed by atoms with Crippen molar-refractivity contribution in [1.82, 2.24) is 25.4 Å². The summed E-state index contributed by atoms with van der Waals surface area (Å²) in [6.07, 6.45) is 3.74. The van der Waals surface area contributed by atoms with E-state index in [4.69, 9.17) is 11.6 Å². The van der Waals surface area contributed by atoms with Gasteiger partial charge in [-0.1, -0.05) is 72.3 Å². The van der Waals surface area contributed by atoms with Crippen LogP contribution in [0, 0.1) is 0 Å². The van der Waals surface area contributed by atoms with Crippen LogP contribution in [0.4, 0.5) is 5.69 Å². The summed E-state index contributed by atoms with van der Waals surface area (Å²) in [6, 6.07) is 29.2. The van der Waals surface area contributed by atoms with Gasteiger partial charge >= 0.3 is 0 Å². The highest BCUT2D eigenvalue weighted by Crippen LogP contribution is 2.24. The molecule has 2 aliphatic rings. The summed E-state index contributed by atoms with van der Waals surface area (Å²) < 4.78 is 0. The molecule has 6 rings (SSSR count). The summed E-state index contributed by atoms with van der Waals surface area (Å²) in [5.41, 5.74) is 6.90. The molecule has 4 aromatic rings. The topological polar surface area (TPSA) is 80.8 Å². The molecule has 2 amide bonds. The molecule has 1 fully saturated rings. The van der Waals surface area contributed by atoms with Gasteiger partial charge in [-0.2, -0.15) is 0 Å². The molecule has 0 unspecified atom stereocenters. The maximum atomic E-state index is 14.1. The van der Waals surface area contributed by atoms with Crippen LogP contribution in [0.3, 0.4) is 0 Å². The lowest BCUT2D eigenvalue weighted by atomic mass is 9.95. The lowest BCUT2D eigenvalue weighted by Gasteiger charge is -2.39. The van der Waals surface area contributed by atoms with Gasteiger partial charge in [-0.05, 0) is 66.1 Å². The molecule has 3 heterocycles. The first-order chi connectivity index (χ1) is 22.9. The van der Waals surface area contributed by atoms with E-state index in [1.54, 1.807) is 0 Å². The van der Waals surface area contributed by atoms with Gasteiger partial charge in [-0.3, -0.25) is 14.6 Å². The largest absolute Gasteiger partial charge is 0.368 e. The van der Waals surface area contributed by atoms with Crippen LogP contribution in [-0.2, 0) is 41.9 Å². The number of benzene rings is 3. The lowest BCUT2D eigenvalue weighted by molar-refractivity contribution is -0.137. The number of pyridine rings is 1. The Morgan fingerprint density at radius 1 is 0.936 bits per heavy atom. The van der Waals surface area contributed by atoms with Crippen molar-refractivity contribution in [3.05, 3.63) is 130 Å². The van der Waals surface area contributed by atoms with E-state index in [0.29, 0.717) is 37.5 Å². The molecule has 3 aromatic carbocycles. The Labute approximate surface area is 282 Å². The van der Waals surface area contributed by atoms with E-state index in [2.05, 4.69) is 74.9 Å². The Kier molecular flexibility index (Phi) is 10.8. The fourth-order valence-electron chi connectivity index (χ4n) is 6.53. The second-order valence-electron chi connectivity index (χ2n) is 12.5. The number of piperazine rings is 1. The van der Waals surface area contributed by atoms with Crippen molar-refractivity contribution in [3.8, 4) is 0 Å². The molecule has 2 atom stereocenters. The van der Waals surface area contributed by atoms with Crippen LogP contribution in [-0.4, -0.2) is 78.5 Å². The van der Waals surface area contributed by atoms with Gasteiger partial charge in [-0.25, -0.2) is 0 Å². The third-order valence-corrected chi connectivity index (χ3v) is 9.46. The molecular formula is C38H43ClN6O2. The molecule has 1 saturated heterocycles. The molecule has 9 heteroatoms. The number of hydrogen-bond acceptors (Lipinski definition) is 6. The van der Waals surface area contributed by atoms with Gasteiger partial charge in [0.1, 0.15) is 6.04 Å². The minimum absolute atomic E-state index is 0.0494. The number of carbonyl (C=O) groups is 2. The third-order valence-electron chi connectivity index (χ3n) is 9.21. The minimum Gasteiger partial charge on any atom is -0.368 e. The summed E-state index contributed by atoms with van der Waals surface area (Å²) in [7, 11) is 2.15. The summed E-state index contributed by atoms with van der Waals surface area (Å²) in [6.45, 7) is 5.00. The van der Waals surface area contributed by atoms with Crippen molar-refractivity contribution < 1.29 is 9.59 Å². The van der Waals surface area contributed by atoms with Gasteiger partial charge in [0.2, 0.25) is 11.8 Å². The molecule has 2 N–H and O–H groups in total. The normalized spacial score (nSPS) is 16.9. The number of halogens is 1. The molecule has 2 aliphatic heterocycles. The quantitative estimate of drug-likeness (QED) is 0.249. The van der Waals surface area contributed by atoms with Crippen LogP contribution in [0.15, 0.2) is 97.2 Å². The first-order valence-electron chi connectivity index (χ1n) is 16.5. The third kappa shape index (κ3) is 8.57. The zero-order valence-electron chi connectivity index (χ0n) is 26.9. The molecular weight excluding hydrogens is 608 g/mol. The van der Waals surface area contributed by atoms with E-state index in [1.165, 1.54) is 22.4 Å². The zero-order chi connectivity index (χ0) is 32.6. The van der Waals surface area contributed by atoms with E-state index in [1.807, 2.05) is 59.6 Å². The number of para-hydroxylation sites is 1. The maximum Gasteiger partial charge on any atom is 0.245 e. The second kappa shape index (κ2) is 15.6. The molecule has 0 spiro atoms. The van der Waals surface area contributed by atoms with Crippen molar-refractivity contribution in [3.63, 3.8) is 0 Å². The van der Waals surface area contributed by atoms with Crippen molar-refractivity contribution in [2.75, 3.05) is 44.7 Å². The van der Waals surface area contributed by atoms with Crippen LogP contribution in [0.1, 0.15) is 27.9 Å². The molecule has 0 radical (unpaired) electrons. The van der Waals surface area contributed by atoms with Crippen LogP contribution >= 0.6 is 11.6 Å². The van der Waals surface area contributed by atoms with Crippen molar-refractivity contribution in [1.29, 1.82) is 0 Å². The van der Waals surface area contributed by atoms with E-state index < -0.39 is 6.04 Å². The van der Waals surface area contributed by atoms with Crippen LogP contribution in [0.5, 0.6) is 0 Å². The SMILES string of the molecule is CN(CCc1ccccn1)Cc1ccccc1N1CCN(C(=O)[C@@H](Cc2ccc(Cl)cc2)NC(=O)[C@H]2Cc3ccccc3CN2)CC1. The number of hydrogen-bond donors (Lipinski definition) is 2. The predicted octanol–water partition coefficient (Wildman–Crippen LogP) is 4.50. The number of aromatic nitrogens is 1.